The third-order valence-corrected chi connectivity index (χ3v) is 2.80. The predicted molar refractivity (Wildman–Crippen MR) is 60.1 cm³/mol. The van der Waals surface area contributed by atoms with Gasteiger partial charge in [-0.2, -0.15) is 0 Å². The number of benzene rings is 1. The standard InChI is InChI=1S/C10H6BrN3O/c11-6-1-2-8-9(3-6)14-4-7(5-15)12-10(14)13-8/h1-5H,(H,12,13). The molecule has 0 atom stereocenters. The van der Waals surface area contributed by atoms with Gasteiger partial charge in [-0.1, -0.05) is 15.9 Å². The van der Waals surface area contributed by atoms with E-state index in [9.17, 15) is 4.79 Å². The minimum Gasteiger partial charge on any atom is -0.321 e. The summed E-state index contributed by atoms with van der Waals surface area (Å²) in [5.41, 5.74) is 2.41. The third-order valence-electron chi connectivity index (χ3n) is 2.30. The summed E-state index contributed by atoms with van der Waals surface area (Å²) >= 11 is 3.41. The van der Waals surface area contributed by atoms with Crippen LogP contribution in [-0.2, 0) is 0 Å². The van der Waals surface area contributed by atoms with Crippen LogP contribution in [0.4, 0.5) is 0 Å². The minimum atomic E-state index is 0.527. The number of carbonyl (C=O) groups is 1. The molecule has 1 N–H and O–H groups in total. The molecular weight excluding hydrogens is 258 g/mol. The average Bonchev–Trinajstić information content (AvgIpc) is 2.75. The van der Waals surface area contributed by atoms with Crippen LogP contribution in [0.25, 0.3) is 16.8 Å². The second-order valence-corrected chi connectivity index (χ2v) is 4.18. The van der Waals surface area contributed by atoms with Gasteiger partial charge < -0.3 is 4.98 Å². The van der Waals surface area contributed by atoms with E-state index in [1.165, 1.54) is 0 Å². The fourth-order valence-electron chi connectivity index (χ4n) is 1.65. The molecule has 0 aliphatic carbocycles. The van der Waals surface area contributed by atoms with E-state index in [1.54, 1.807) is 6.20 Å². The highest BCUT2D eigenvalue weighted by Crippen LogP contribution is 2.20. The Hall–Kier alpha value is -1.62. The number of aromatic amines is 1. The molecule has 0 aliphatic rings. The molecule has 0 radical (unpaired) electrons. The molecule has 0 bridgehead atoms. The molecule has 2 heterocycles. The molecule has 1 aromatic carbocycles. The summed E-state index contributed by atoms with van der Waals surface area (Å²) in [7, 11) is 0. The van der Waals surface area contributed by atoms with Gasteiger partial charge in [0.2, 0.25) is 5.78 Å². The third kappa shape index (κ3) is 1.20. The highest BCUT2D eigenvalue weighted by molar-refractivity contribution is 9.10. The number of carbonyl (C=O) groups excluding carboxylic acids is 1. The first-order valence-corrected chi connectivity index (χ1v) is 5.19. The second kappa shape index (κ2) is 2.93. The van der Waals surface area contributed by atoms with E-state index >= 15 is 0 Å². The van der Waals surface area contributed by atoms with Crippen molar-refractivity contribution in [1.82, 2.24) is 14.4 Å². The van der Waals surface area contributed by atoms with E-state index in [4.69, 9.17) is 0 Å². The van der Waals surface area contributed by atoms with Crippen molar-refractivity contribution < 1.29 is 4.79 Å². The summed E-state index contributed by atoms with van der Waals surface area (Å²) < 4.78 is 2.86. The first-order chi connectivity index (χ1) is 7.28. The zero-order valence-corrected chi connectivity index (χ0v) is 9.15. The number of hydrogen-bond acceptors (Lipinski definition) is 2. The van der Waals surface area contributed by atoms with Gasteiger partial charge in [-0.3, -0.25) is 9.20 Å². The maximum atomic E-state index is 10.6. The quantitative estimate of drug-likeness (QED) is 0.686. The van der Waals surface area contributed by atoms with Gasteiger partial charge in [-0.25, -0.2) is 4.98 Å². The number of hydrogen-bond donors (Lipinski definition) is 1. The minimum absolute atomic E-state index is 0.527. The Morgan fingerprint density at radius 3 is 3.13 bits per heavy atom. The number of H-pyrrole nitrogens is 1. The zero-order valence-electron chi connectivity index (χ0n) is 7.57. The maximum Gasteiger partial charge on any atom is 0.212 e. The van der Waals surface area contributed by atoms with Gasteiger partial charge in [-0.15, -0.1) is 0 Å². The number of halogens is 1. The molecule has 74 valence electrons. The fraction of sp³-hybridized carbons (Fsp3) is 0. The molecule has 3 aromatic rings. The number of imidazole rings is 2. The molecule has 0 spiro atoms. The van der Waals surface area contributed by atoms with E-state index in [2.05, 4.69) is 25.9 Å². The lowest BCUT2D eigenvalue weighted by Gasteiger charge is -1.90. The number of nitrogens with one attached hydrogen (secondary N) is 1. The van der Waals surface area contributed by atoms with Gasteiger partial charge in [0.05, 0.1) is 16.7 Å². The number of fused-ring (bicyclic) bond motifs is 3. The number of nitrogens with zero attached hydrogens (tertiary/aromatic N) is 2. The Kier molecular flexibility index (Phi) is 1.70. The van der Waals surface area contributed by atoms with Crippen LogP contribution in [0.3, 0.4) is 0 Å². The lowest BCUT2D eigenvalue weighted by Crippen LogP contribution is -1.78. The van der Waals surface area contributed by atoms with Crippen LogP contribution >= 0.6 is 15.9 Å². The van der Waals surface area contributed by atoms with E-state index in [0.717, 1.165) is 21.8 Å². The largest absolute Gasteiger partial charge is 0.321 e. The summed E-state index contributed by atoms with van der Waals surface area (Å²) in [6.45, 7) is 0. The molecule has 15 heavy (non-hydrogen) atoms. The normalized spacial score (nSPS) is 11.3. The van der Waals surface area contributed by atoms with Crippen molar-refractivity contribution in [2.24, 2.45) is 0 Å². The molecule has 2 aromatic heterocycles. The molecule has 5 heteroatoms. The van der Waals surface area contributed by atoms with E-state index in [0.29, 0.717) is 11.5 Å². The highest BCUT2D eigenvalue weighted by Gasteiger charge is 2.07. The van der Waals surface area contributed by atoms with Crippen molar-refractivity contribution in [1.29, 1.82) is 0 Å². The van der Waals surface area contributed by atoms with Crippen LogP contribution in [-0.4, -0.2) is 20.7 Å². The van der Waals surface area contributed by atoms with Gasteiger partial charge in [0.1, 0.15) is 0 Å². The number of aldehydes is 1. The molecule has 0 aliphatic heterocycles. The molecule has 0 unspecified atom stereocenters. The maximum absolute atomic E-state index is 10.6. The van der Waals surface area contributed by atoms with Gasteiger partial charge >= 0.3 is 0 Å². The zero-order chi connectivity index (χ0) is 10.4. The summed E-state index contributed by atoms with van der Waals surface area (Å²) in [5.74, 6) is 0.685. The Balaban J connectivity index is 2.47. The SMILES string of the molecule is O=Cc1cn2c(nc3ccc(Br)cc32)[nH]1. The van der Waals surface area contributed by atoms with E-state index in [-0.39, 0.29) is 0 Å². The van der Waals surface area contributed by atoms with Crippen molar-refractivity contribution >= 4 is 39.0 Å². The summed E-state index contributed by atoms with van der Waals surface area (Å²) in [6.07, 6.45) is 2.52. The summed E-state index contributed by atoms with van der Waals surface area (Å²) in [6, 6.07) is 5.84. The topological polar surface area (TPSA) is 50.2 Å². The Morgan fingerprint density at radius 2 is 2.33 bits per heavy atom. The number of rotatable bonds is 1. The van der Waals surface area contributed by atoms with E-state index in [1.807, 2.05) is 22.6 Å². The fourth-order valence-corrected chi connectivity index (χ4v) is 1.99. The van der Waals surface area contributed by atoms with Crippen LogP contribution < -0.4 is 0 Å². The van der Waals surface area contributed by atoms with Crippen LogP contribution in [0.2, 0.25) is 0 Å². The van der Waals surface area contributed by atoms with Crippen LogP contribution in [0.1, 0.15) is 10.5 Å². The highest BCUT2D eigenvalue weighted by atomic mass is 79.9. The van der Waals surface area contributed by atoms with Crippen molar-refractivity contribution in [3.8, 4) is 0 Å². The van der Waals surface area contributed by atoms with Crippen molar-refractivity contribution in [3.63, 3.8) is 0 Å². The molecular formula is C10H6BrN3O. The van der Waals surface area contributed by atoms with Gasteiger partial charge in [0.25, 0.3) is 0 Å². The molecule has 0 saturated carbocycles. The summed E-state index contributed by atoms with van der Waals surface area (Å²) in [5, 5.41) is 0. The second-order valence-electron chi connectivity index (χ2n) is 3.27. The van der Waals surface area contributed by atoms with Gasteiger partial charge in [0, 0.05) is 10.7 Å². The van der Waals surface area contributed by atoms with Gasteiger partial charge in [0.15, 0.2) is 6.29 Å². The molecule has 4 nitrogen and oxygen atoms in total. The predicted octanol–water partition coefficient (Wildman–Crippen LogP) is 2.39. The Bertz CT molecular complexity index is 668. The summed E-state index contributed by atoms with van der Waals surface area (Å²) in [4.78, 5) is 17.9. The van der Waals surface area contributed by atoms with Crippen molar-refractivity contribution in [2.75, 3.05) is 0 Å². The average molecular weight is 264 g/mol. The Labute approximate surface area is 93.1 Å². The van der Waals surface area contributed by atoms with Crippen LogP contribution in [0.5, 0.6) is 0 Å². The lowest BCUT2D eigenvalue weighted by molar-refractivity contribution is 0.111. The molecule has 3 rings (SSSR count). The molecule has 0 saturated heterocycles. The monoisotopic (exact) mass is 263 g/mol. The first kappa shape index (κ1) is 8.67. The Morgan fingerprint density at radius 1 is 1.47 bits per heavy atom. The van der Waals surface area contributed by atoms with Crippen LogP contribution in [0, 0.1) is 0 Å². The molecule has 0 fully saturated rings. The lowest BCUT2D eigenvalue weighted by atomic mass is 10.3. The van der Waals surface area contributed by atoms with Crippen LogP contribution in [0.15, 0.2) is 28.9 Å². The van der Waals surface area contributed by atoms with Crippen molar-refractivity contribution in [3.05, 3.63) is 34.6 Å². The van der Waals surface area contributed by atoms with Crippen molar-refractivity contribution in [2.45, 2.75) is 0 Å². The van der Waals surface area contributed by atoms with E-state index < -0.39 is 0 Å². The van der Waals surface area contributed by atoms with Gasteiger partial charge in [-0.05, 0) is 18.2 Å². The number of aromatic nitrogens is 3. The smallest absolute Gasteiger partial charge is 0.212 e. The first-order valence-electron chi connectivity index (χ1n) is 4.39. The molecule has 0 amide bonds.